The molecule has 2 N–H and O–H groups in total. The molecule has 0 aliphatic carbocycles. The molecule has 1 aliphatic heterocycles. The predicted molar refractivity (Wildman–Crippen MR) is 108 cm³/mol. The van der Waals surface area contributed by atoms with Gasteiger partial charge in [-0.1, -0.05) is 36.4 Å². The van der Waals surface area contributed by atoms with Gasteiger partial charge < -0.3 is 15.4 Å². The van der Waals surface area contributed by atoms with Crippen LogP contribution < -0.4 is 15.4 Å². The maximum Gasteiger partial charge on any atom is 0.229 e. The molecule has 2 atom stereocenters. The first-order valence-electron chi connectivity index (χ1n) is 9.46. The quantitative estimate of drug-likeness (QED) is 0.694. The third-order valence-corrected chi connectivity index (χ3v) is 5.12. The summed E-state index contributed by atoms with van der Waals surface area (Å²) >= 11 is 0. The number of hydrogen-bond acceptors (Lipinski definition) is 4. The minimum atomic E-state index is -0.132. The predicted octanol–water partition coefficient (Wildman–Crippen LogP) is 2.94. The number of carbonyl (C=O) groups excluding carboxylic acids is 1. The van der Waals surface area contributed by atoms with E-state index >= 15 is 0 Å². The smallest absolute Gasteiger partial charge is 0.229 e. The van der Waals surface area contributed by atoms with Crippen molar-refractivity contribution in [1.82, 2.24) is 15.1 Å². The fourth-order valence-electron chi connectivity index (χ4n) is 3.61. The van der Waals surface area contributed by atoms with Gasteiger partial charge in [-0.25, -0.2) is 0 Å². The number of anilines is 1. The number of benzene rings is 2. The van der Waals surface area contributed by atoms with Crippen LogP contribution in [0, 0.1) is 5.92 Å². The molecule has 0 bridgehead atoms. The number of carbonyl (C=O) groups is 1. The minimum absolute atomic E-state index is 0.0195. The highest BCUT2D eigenvalue weighted by Gasteiger charge is 2.34. The molecule has 0 saturated carbocycles. The zero-order valence-electron chi connectivity index (χ0n) is 15.8. The Morgan fingerprint density at radius 3 is 2.75 bits per heavy atom. The van der Waals surface area contributed by atoms with Crippen LogP contribution in [-0.4, -0.2) is 28.8 Å². The highest BCUT2D eigenvalue weighted by atomic mass is 16.5. The fraction of sp³-hybridized carbons (Fsp3) is 0.273. The lowest BCUT2D eigenvalue weighted by Crippen LogP contribution is -2.28. The van der Waals surface area contributed by atoms with E-state index in [1.54, 1.807) is 4.68 Å². The lowest BCUT2D eigenvalue weighted by atomic mass is 9.90. The highest BCUT2D eigenvalue weighted by molar-refractivity contribution is 5.94. The first-order chi connectivity index (χ1) is 13.7. The van der Waals surface area contributed by atoms with Gasteiger partial charge in [0, 0.05) is 43.5 Å². The van der Waals surface area contributed by atoms with Crippen molar-refractivity contribution >= 4 is 11.6 Å². The summed E-state index contributed by atoms with van der Waals surface area (Å²) in [7, 11) is 1.89. The first-order valence-corrected chi connectivity index (χ1v) is 9.46. The molecule has 28 heavy (non-hydrogen) atoms. The second kappa shape index (κ2) is 8.27. The van der Waals surface area contributed by atoms with Crippen LogP contribution in [0.5, 0.6) is 5.75 Å². The van der Waals surface area contributed by atoms with Gasteiger partial charge in [0.15, 0.2) is 0 Å². The minimum Gasteiger partial charge on any atom is -0.489 e. The Kier molecular flexibility index (Phi) is 5.39. The molecule has 1 amide bonds. The summed E-state index contributed by atoms with van der Waals surface area (Å²) in [6.45, 7) is 1.84. The molecule has 2 heterocycles. The van der Waals surface area contributed by atoms with E-state index < -0.39 is 0 Å². The molecule has 1 fully saturated rings. The normalized spacial score (nSPS) is 18.8. The second-order valence-corrected chi connectivity index (χ2v) is 7.07. The molecule has 6 nitrogen and oxygen atoms in total. The Bertz CT molecular complexity index is 938. The number of amides is 1. The van der Waals surface area contributed by atoms with Crippen LogP contribution >= 0.6 is 0 Å². The maximum atomic E-state index is 13.0. The molecule has 3 aromatic rings. The molecular weight excluding hydrogens is 352 g/mol. The van der Waals surface area contributed by atoms with Crippen LogP contribution in [0.4, 0.5) is 5.69 Å². The third kappa shape index (κ3) is 4.07. The van der Waals surface area contributed by atoms with E-state index in [9.17, 15) is 4.79 Å². The van der Waals surface area contributed by atoms with Gasteiger partial charge in [-0.2, -0.15) is 5.10 Å². The average Bonchev–Trinajstić information content (AvgIpc) is 3.37. The van der Waals surface area contributed by atoms with Crippen LogP contribution in [0.3, 0.4) is 0 Å². The number of hydrogen-bond donors (Lipinski definition) is 2. The summed E-state index contributed by atoms with van der Waals surface area (Å²) in [5.74, 6) is 0.819. The average molecular weight is 376 g/mol. The Morgan fingerprint density at radius 2 is 1.96 bits per heavy atom. The van der Waals surface area contributed by atoms with Crippen LogP contribution in [0.25, 0.3) is 0 Å². The molecule has 1 saturated heterocycles. The largest absolute Gasteiger partial charge is 0.489 e. The van der Waals surface area contributed by atoms with Crippen molar-refractivity contribution in [1.29, 1.82) is 0 Å². The number of aryl methyl sites for hydroxylation is 1. The molecule has 0 radical (unpaired) electrons. The molecule has 4 rings (SSSR count). The third-order valence-electron chi connectivity index (χ3n) is 5.12. The Labute approximate surface area is 164 Å². The van der Waals surface area contributed by atoms with Crippen molar-refractivity contribution in [2.75, 3.05) is 18.4 Å². The summed E-state index contributed by atoms with van der Waals surface area (Å²) in [6.07, 6.45) is 3.83. The monoisotopic (exact) mass is 376 g/mol. The number of aromatic nitrogens is 2. The summed E-state index contributed by atoms with van der Waals surface area (Å²) in [5.41, 5.74) is 2.83. The number of para-hydroxylation sites is 2. The van der Waals surface area contributed by atoms with Crippen molar-refractivity contribution in [3.8, 4) is 5.75 Å². The molecule has 1 aromatic heterocycles. The molecule has 1 aliphatic rings. The van der Waals surface area contributed by atoms with Gasteiger partial charge in [0.25, 0.3) is 0 Å². The molecule has 2 aromatic carbocycles. The molecule has 6 heteroatoms. The highest BCUT2D eigenvalue weighted by Crippen LogP contribution is 2.29. The van der Waals surface area contributed by atoms with Crippen molar-refractivity contribution in [3.05, 3.63) is 78.1 Å². The van der Waals surface area contributed by atoms with E-state index in [4.69, 9.17) is 4.74 Å². The summed E-state index contributed by atoms with van der Waals surface area (Å²) < 4.78 is 7.63. The van der Waals surface area contributed by atoms with Gasteiger partial charge >= 0.3 is 0 Å². The van der Waals surface area contributed by atoms with Gasteiger partial charge in [-0.3, -0.25) is 9.48 Å². The lowest BCUT2D eigenvalue weighted by Gasteiger charge is -2.18. The molecular formula is C22H24N4O2. The van der Waals surface area contributed by atoms with Crippen molar-refractivity contribution in [3.63, 3.8) is 0 Å². The Balaban J connectivity index is 1.45. The standard InChI is InChI=1S/C22H24N4O2/c1-26-14-17(11-24-26)19-12-23-13-20(19)22(27)25-21-10-6-5-7-16(21)15-28-18-8-3-2-4-9-18/h2-11,14,19-20,23H,12-13,15H2,1H3,(H,25,27)/t19-,20+/m1/s1. The Morgan fingerprint density at radius 1 is 1.18 bits per heavy atom. The van der Waals surface area contributed by atoms with Gasteiger partial charge in [0.1, 0.15) is 12.4 Å². The number of rotatable bonds is 6. The first kappa shape index (κ1) is 18.3. The summed E-state index contributed by atoms with van der Waals surface area (Å²) in [6, 6.07) is 17.4. The second-order valence-electron chi connectivity index (χ2n) is 7.07. The molecule has 144 valence electrons. The zero-order valence-corrected chi connectivity index (χ0v) is 15.8. The number of nitrogens with zero attached hydrogens (tertiary/aromatic N) is 2. The summed E-state index contributed by atoms with van der Waals surface area (Å²) in [4.78, 5) is 13.0. The number of ether oxygens (including phenoxy) is 1. The van der Waals surface area contributed by atoms with Gasteiger partial charge in [0.2, 0.25) is 5.91 Å². The van der Waals surface area contributed by atoms with Crippen molar-refractivity contribution in [2.24, 2.45) is 13.0 Å². The fourth-order valence-corrected chi connectivity index (χ4v) is 3.61. The van der Waals surface area contributed by atoms with Crippen molar-refractivity contribution < 1.29 is 9.53 Å². The topological polar surface area (TPSA) is 68.2 Å². The van der Waals surface area contributed by atoms with Gasteiger partial charge in [-0.15, -0.1) is 0 Å². The van der Waals surface area contributed by atoms with E-state index in [1.165, 1.54) is 0 Å². The molecule has 0 spiro atoms. The van der Waals surface area contributed by atoms with Crippen LogP contribution in [-0.2, 0) is 18.4 Å². The van der Waals surface area contributed by atoms with Crippen molar-refractivity contribution in [2.45, 2.75) is 12.5 Å². The van der Waals surface area contributed by atoms with E-state index in [-0.39, 0.29) is 17.7 Å². The van der Waals surface area contributed by atoms with Crippen LogP contribution in [0.1, 0.15) is 17.0 Å². The van der Waals surface area contributed by atoms with Gasteiger partial charge in [0.05, 0.1) is 12.1 Å². The molecule has 0 unspecified atom stereocenters. The Hall–Kier alpha value is -3.12. The SMILES string of the molecule is Cn1cc([C@H]2CNC[C@@H]2C(=O)Nc2ccccc2COc2ccccc2)cn1. The van der Waals surface area contributed by atoms with Crippen LogP contribution in [0.15, 0.2) is 67.0 Å². The number of nitrogens with one attached hydrogen (secondary N) is 2. The zero-order chi connectivity index (χ0) is 19.3. The van der Waals surface area contributed by atoms with E-state index in [1.807, 2.05) is 74.0 Å². The van der Waals surface area contributed by atoms with E-state index in [0.717, 1.165) is 29.1 Å². The van der Waals surface area contributed by atoms with Gasteiger partial charge in [-0.05, 0) is 23.8 Å². The summed E-state index contributed by atoms with van der Waals surface area (Å²) in [5, 5.41) is 10.7. The maximum absolute atomic E-state index is 13.0. The van der Waals surface area contributed by atoms with E-state index in [0.29, 0.717) is 13.2 Å². The lowest BCUT2D eigenvalue weighted by molar-refractivity contribution is -0.119. The van der Waals surface area contributed by atoms with E-state index in [2.05, 4.69) is 15.7 Å². The van der Waals surface area contributed by atoms with Crippen LogP contribution in [0.2, 0.25) is 0 Å².